The van der Waals surface area contributed by atoms with Crippen LogP contribution in [0.3, 0.4) is 0 Å². The molecule has 0 saturated heterocycles. The third kappa shape index (κ3) is 4.78. The fraction of sp³-hybridized carbons (Fsp3) is 0.0526. The first-order chi connectivity index (χ1) is 14.4. The molecule has 3 aromatic rings. The van der Waals surface area contributed by atoms with Gasteiger partial charge in [-0.3, -0.25) is 9.44 Å². The normalized spacial score (nSPS) is 11.9. The Morgan fingerprint density at radius 3 is 2.10 bits per heavy atom. The summed E-state index contributed by atoms with van der Waals surface area (Å²) in [7, 11) is -8.87. The molecule has 6 nitrogen and oxygen atoms in total. The number of hydrogen-bond donors (Lipinski definition) is 2. The van der Waals surface area contributed by atoms with Gasteiger partial charge in [0.2, 0.25) is 0 Å². The van der Waals surface area contributed by atoms with Gasteiger partial charge in [-0.1, -0.05) is 29.8 Å². The largest absolute Gasteiger partial charge is 0.279 e. The van der Waals surface area contributed by atoms with Gasteiger partial charge < -0.3 is 0 Å². The van der Waals surface area contributed by atoms with Crippen molar-refractivity contribution in [1.82, 2.24) is 0 Å². The Hall–Kier alpha value is -2.76. The minimum absolute atomic E-state index is 0.110. The highest BCUT2D eigenvalue weighted by atomic mass is 35.5. The maximum absolute atomic E-state index is 13.9. The van der Waals surface area contributed by atoms with Crippen molar-refractivity contribution in [2.24, 2.45) is 0 Å². The fourth-order valence-electron chi connectivity index (χ4n) is 2.62. The van der Waals surface area contributed by atoms with Crippen LogP contribution in [-0.2, 0) is 20.0 Å². The average molecular weight is 491 g/mol. The predicted molar refractivity (Wildman–Crippen MR) is 111 cm³/mol. The Morgan fingerprint density at radius 1 is 0.774 bits per heavy atom. The van der Waals surface area contributed by atoms with E-state index < -0.39 is 42.4 Å². The summed E-state index contributed by atoms with van der Waals surface area (Å²) in [5, 5.41) is 0.148. The third-order valence-electron chi connectivity index (χ3n) is 4.14. The van der Waals surface area contributed by atoms with Gasteiger partial charge in [0.1, 0.15) is 4.90 Å². The summed E-state index contributed by atoms with van der Waals surface area (Å²) in [6.45, 7) is 1.48. The number of halogens is 4. The molecular formula is C19H14ClF3N2O4S2. The summed E-state index contributed by atoms with van der Waals surface area (Å²) in [5.41, 5.74) is 0.147. The van der Waals surface area contributed by atoms with E-state index in [9.17, 15) is 30.0 Å². The Bertz CT molecular complexity index is 1380. The zero-order valence-corrected chi connectivity index (χ0v) is 18.0. The van der Waals surface area contributed by atoms with E-state index in [-0.39, 0.29) is 26.9 Å². The molecule has 0 bridgehead atoms. The molecule has 12 heteroatoms. The first kappa shape index (κ1) is 22.9. The SMILES string of the molecule is Cc1ccc(NS(=O)(=O)c2ccc(F)c(F)c2F)cc1S(=O)(=O)Nc1ccccc1Cl. The third-order valence-corrected chi connectivity index (χ3v) is 7.37. The highest BCUT2D eigenvalue weighted by Crippen LogP contribution is 2.28. The first-order valence-electron chi connectivity index (χ1n) is 8.47. The predicted octanol–water partition coefficient (Wildman–Crippen LogP) is 4.67. The quantitative estimate of drug-likeness (QED) is 0.491. The lowest BCUT2D eigenvalue weighted by molar-refractivity contribution is 0.432. The Balaban J connectivity index is 1.98. The van der Waals surface area contributed by atoms with E-state index in [0.29, 0.717) is 12.1 Å². The second kappa shape index (κ2) is 8.40. The molecule has 0 atom stereocenters. The van der Waals surface area contributed by atoms with E-state index in [0.717, 1.165) is 6.07 Å². The van der Waals surface area contributed by atoms with Crippen molar-refractivity contribution in [3.8, 4) is 0 Å². The van der Waals surface area contributed by atoms with Crippen molar-refractivity contribution >= 4 is 43.0 Å². The molecular weight excluding hydrogens is 477 g/mol. The number of hydrogen-bond acceptors (Lipinski definition) is 4. The smallest absolute Gasteiger partial charge is 0.264 e. The summed E-state index contributed by atoms with van der Waals surface area (Å²) >= 11 is 5.97. The van der Waals surface area contributed by atoms with Gasteiger partial charge in [0.05, 0.1) is 21.3 Å². The van der Waals surface area contributed by atoms with Crippen LogP contribution in [0.5, 0.6) is 0 Å². The van der Waals surface area contributed by atoms with Crippen LogP contribution in [0.1, 0.15) is 5.56 Å². The van der Waals surface area contributed by atoms with E-state index in [1.807, 2.05) is 4.72 Å². The molecule has 164 valence electrons. The number of benzene rings is 3. The van der Waals surface area contributed by atoms with Crippen molar-refractivity contribution in [3.63, 3.8) is 0 Å². The molecule has 0 amide bonds. The number of aryl methyl sites for hydroxylation is 1. The van der Waals surface area contributed by atoms with E-state index in [4.69, 9.17) is 11.6 Å². The number of anilines is 2. The number of para-hydroxylation sites is 1. The Kier molecular flexibility index (Phi) is 6.21. The summed E-state index contributed by atoms with van der Waals surface area (Å²) in [5.74, 6) is -5.39. The Labute approximate surface area is 181 Å². The summed E-state index contributed by atoms with van der Waals surface area (Å²) < 4.78 is 95.2. The minimum atomic E-state index is -4.69. The highest BCUT2D eigenvalue weighted by molar-refractivity contribution is 7.93. The molecule has 0 unspecified atom stereocenters. The molecule has 31 heavy (non-hydrogen) atoms. The maximum Gasteiger partial charge on any atom is 0.264 e. The summed E-state index contributed by atoms with van der Waals surface area (Å²) in [4.78, 5) is -1.41. The molecule has 0 radical (unpaired) electrons. The van der Waals surface area contributed by atoms with Gasteiger partial charge in [-0.15, -0.1) is 0 Å². The van der Waals surface area contributed by atoms with Gasteiger partial charge in [0.25, 0.3) is 20.0 Å². The van der Waals surface area contributed by atoms with Gasteiger partial charge >= 0.3 is 0 Å². The summed E-state index contributed by atoms with van der Waals surface area (Å²) in [6, 6.07) is 10.7. The average Bonchev–Trinajstić information content (AvgIpc) is 2.69. The molecule has 0 aliphatic heterocycles. The van der Waals surface area contributed by atoms with E-state index in [1.54, 1.807) is 12.1 Å². The number of nitrogens with one attached hydrogen (secondary N) is 2. The molecule has 2 N–H and O–H groups in total. The van der Waals surface area contributed by atoms with Crippen LogP contribution < -0.4 is 9.44 Å². The second-order valence-electron chi connectivity index (χ2n) is 6.34. The molecule has 0 heterocycles. The van der Waals surface area contributed by atoms with Crippen LogP contribution >= 0.6 is 11.6 Å². The molecule has 0 aromatic heterocycles. The maximum atomic E-state index is 13.9. The first-order valence-corrected chi connectivity index (χ1v) is 11.8. The number of rotatable bonds is 6. The van der Waals surface area contributed by atoms with Crippen LogP contribution in [0.15, 0.2) is 64.4 Å². The van der Waals surface area contributed by atoms with Crippen LogP contribution in [0.2, 0.25) is 5.02 Å². The standard InChI is InChI=1S/C19H14ClF3N2O4S2/c1-11-6-7-12(24-30(26,27)16-9-8-14(21)18(22)19(16)23)10-17(11)31(28,29)25-15-5-3-2-4-13(15)20/h2-10,24-25H,1H3. The van der Waals surface area contributed by atoms with Crippen LogP contribution in [0.4, 0.5) is 24.5 Å². The molecule has 0 fully saturated rings. The fourth-order valence-corrected chi connectivity index (χ4v) is 5.33. The second-order valence-corrected chi connectivity index (χ2v) is 10.1. The zero-order chi connectivity index (χ0) is 23.0. The van der Waals surface area contributed by atoms with Crippen molar-refractivity contribution in [1.29, 1.82) is 0 Å². The molecule has 0 aliphatic carbocycles. The van der Waals surface area contributed by atoms with E-state index in [2.05, 4.69) is 4.72 Å². The van der Waals surface area contributed by atoms with Crippen molar-refractivity contribution < 1.29 is 30.0 Å². The van der Waals surface area contributed by atoms with Gasteiger partial charge in [0.15, 0.2) is 17.5 Å². The van der Waals surface area contributed by atoms with Crippen LogP contribution in [0, 0.1) is 24.4 Å². The van der Waals surface area contributed by atoms with E-state index in [1.165, 1.54) is 31.2 Å². The highest BCUT2D eigenvalue weighted by Gasteiger charge is 2.25. The molecule has 0 spiro atoms. The summed E-state index contributed by atoms with van der Waals surface area (Å²) in [6.07, 6.45) is 0. The number of sulfonamides is 2. The lowest BCUT2D eigenvalue weighted by Gasteiger charge is -2.14. The van der Waals surface area contributed by atoms with Crippen molar-refractivity contribution in [2.45, 2.75) is 16.7 Å². The lowest BCUT2D eigenvalue weighted by Crippen LogP contribution is -2.18. The molecule has 0 saturated carbocycles. The molecule has 0 aliphatic rings. The topological polar surface area (TPSA) is 92.3 Å². The van der Waals surface area contributed by atoms with Crippen molar-refractivity contribution in [3.05, 3.63) is 82.6 Å². The molecule has 3 rings (SSSR count). The van der Waals surface area contributed by atoms with Gasteiger partial charge in [-0.05, 0) is 48.9 Å². The van der Waals surface area contributed by atoms with Crippen LogP contribution in [-0.4, -0.2) is 16.8 Å². The van der Waals surface area contributed by atoms with Gasteiger partial charge in [-0.25, -0.2) is 30.0 Å². The Morgan fingerprint density at radius 2 is 1.42 bits per heavy atom. The molecule has 3 aromatic carbocycles. The minimum Gasteiger partial charge on any atom is -0.279 e. The zero-order valence-electron chi connectivity index (χ0n) is 15.7. The van der Waals surface area contributed by atoms with Gasteiger partial charge in [-0.2, -0.15) is 0 Å². The monoisotopic (exact) mass is 490 g/mol. The van der Waals surface area contributed by atoms with E-state index >= 15 is 0 Å². The van der Waals surface area contributed by atoms with Crippen molar-refractivity contribution in [2.75, 3.05) is 9.44 Å². The van der Waals surface area contributed by atoms with Gasteiger partial charge in [0, 0.05) is 0 Å². The van der Waals surface area contributed by atoms with Crippen LogP contribution in [0.25, 0.3) is 0 Å². The lowest BCUT2D eigenvalue weighted by atomic mass is 10.2.